The summed E-state index contributed by atoms with van der Waals surface area (Å²) in [5.74, 6) is 0. The fraction of sp³-hybridized carbons (Fsp3) is 0.412. The zero-order chi connectivity index (χ0) is 12.8. The summed E-state index contributed by atoms with van der Waals surface area (Å²) in [7, 11) is 0. The van der Waals surface area contributed by atoms with Crippen LogP contribution in [0.5, 0.6) is 0 Å². The van der Waals surface area contributed by atoms with Crippen LogP contribution >= 0.6 is 12.6 Å². The number of hydrogen-bond acceptors (Lipinski definition) is 1. The predicted octanol–water partition coefficient (Wildman–Crippen LogP) is 5.40. The normalized spacial score (nSPS) is 16.1. The molecular weight excluding hydrogens is 236 g/mol. The van der Waals surface area contributed by atoms with Gasteiger partial charge in [0.1, 0.15) is 0 Å². The third-order valence-electron chi connectivity index (χ3n) is 3.48. The summed E-state index contributed by atoms with van der Waals surface area (Å²) in [6, 6.07) is 14.9. The minimum atomic E-state index is 0.730. The van der Waals surface area contributed by atoms with Crippen LogP contribution in [0.15, 0.2) is 42.5 Å². The van der Waals surface area contributed by atoms with Gasteiger partial charge in [0.15, 0.2) is 0 Å². The molecule has 0 nitrogen and oxygen atoms in total. The Balaban J connectivity index is 0.000000149. The molecule has 96 valence electrons. The van der Waals surface area contributed by atoms with E-state index >= 15 is 0 Å². The van der Waals surface area contributed by atoms with Crippen LogP contribution in [0.1, 0.15) is 37.7 Å². The largest absolute Gasteiger partial charge is 0.176 e. The Morgan fingerprint density at radius 2 is 1.56 bits per heavy atom. The van der Waals surface area contributed by atoms with Crippen LogP contribution in [0.25, 0.3) is 10.8 Å². The standard InChI is InChI=1S/C11H10.C6H12S/c1-9-6-7-10-4-2-3-5-11(10)8-9;7-6-4-2-1-3-5-6/h2-8H,1H3;6-7H,1-5H2. The van der Waals surface area contributed by atoms with E-state index in [4.69, 9.17) is 0 Å². The molecule has 0 aromatic heterocycles. The summed E-state index contributed by atoms with van der Waals surface area (Å²) < 4.78 is 0. The summed E-state index contributed by atoms with van der Waals surface area (Å²) in [5.41, 5.74) is 1.32. The fourth-order valence-corrected chi connectivity index (χ4v) is 2.75. The van der Waals surface area contributed by atoms with Crippen LogP contribution in [0, 0.1) is 6.92 Å². The molecular formula is C17H22S. The summed E-state index contributed by atoms with van der Waals surface area (Å²) in [6.45, 7) is 2.12. The number of hydrogen-bond donors (Lipinski definition) is 1. The molecule has 3 rings (SSSR count). The second-order valence-corrected chi connectivity index (χ2v) is 5.87. The molecule has 1 heteroatoms. The average molecular weight is 258 g/mol. The van der Waals surface area contributed by atoms with Crippen molar-refractivity contribution in [3.8, 4) is 0 Å². The Bertz CT molecular complexity index is 484. The monoisotopic (exact) mass is 258 g/mol. The minimum Gasteiger partial charge on any atom is -0.176 e. The van der Waals surface area contributed by atoms with Gasteiger partial charge < -0.3 is 0 Å². The van der Waals surface area contributed by atoms with Crippen molar-refractivity contribution in [3.63, 3.8) is 0 Å². The summed E-state index contributed by atoms with van der Waals surface area (Å²) in [4.78, 5) is 0. The van der Waals surface area contributed by atoms with E-state index in [1.165, 1.54) is 48.4 Å². The lowest BCUT2D eigenvalue weighted by molar-refractivity contribution is 0.518. The molecule has 0 spiro atoms. The molecule has 2 aromatic carbocycles. The molecule has 1 aliphatic carbocycles. The topological polar surface area (TPSA) is 0 Å². The van der Waals surface area contributed by atoms with Gasteiger partial charge in [-0.25, -0.2) is 0 Å². The Labute approximate surface area is 116 Å². The van der Waals surface area contributed by atoms with Gasteiger partial charge in [0, 0.05) is 5.25 Å². The van der Waals surface area contributed by atoms with Crippen molar-refractivity contribution in [2.75, 3.05) is 0 Å². The van der Waals surface area contributed by atoms with E-state index in [2.05, 4.69) is 62.0 Å². The minimum absolute atomic E-state index is 0.730. The first-order valence-electron chi connectivity index (χ1n) is 6.89. The van der Waals surface area contributed by atoms with E-state index in [0.29, 0.717) is 0 Å². The third kappa shape index (κ3) is 4.06. The van der Waals surface area contributed by atoms with E-state index in [1.807, 2.05) is 0 Å². The van der Waals surface area contributed by atoms with E-state index < -0.39 is 0 Å². The molecule has 1 fully saturated rings. The lowest BCUT2D eigenvalue weighted by atomic mass is 10.0. The van der Waals surface area contributed by atoms with E-state index in [-0.39, 0.29) is 0 Å². The first-order chi connectivity index (χ1) is 8.75. The molecule has 0 heterocycles. The summed E-state index contributed by atoms with van der Waals surface area (Å²) in [6.07, 6.45) is 6.96. The predicted molar refractivity (Wildman–Crippen MR) is 84.5 cm³/mol. The molecule has 1 saturated carbocycles. The molecule has 1 aliphatic rings. The summed E-state index contributed by atoms with van der Waals surface area (Å²) >= 11 is 4.36. The quantitative estimate of drug-likeness (QED) is 0.601. The Hall–Kier alpha value is -0.950. The first kappa shape index (κ1) is 13.5. The highest BCUT2D eigenvalue weighted by molar-refractivity contribution is 7.80. The highest BCUT2D eigenvalue weighted by Gasteiger charge is 2.06. The van der Waals surface area contributed by atoms with Crippen molar-refractivity contribution in [2.45, 2.75) is 44.3 Å². The van der Waals surface area contributed by atoms with Crippen molar-refractivity contribution in [3.05, 3.63) is 48.0 Å². The second kappa shape index (κ2) is 6.84. The number of fused-ring (bicyclic) bond motifs is 1. The highest BCUT2D eigenvalue weighted by Crippen LogP contribution is 2.21. The maximum Gasteiger partial charge on any atom is 0.00168 e. The second-order valence-electron chi connectivity index (χ2n) is 5.14. The molecule has 0 amide bonds. The van der Waals surface area contributed by atoms with Crippen LogP contribution in [0.2, 0.25) is 0 Å². The van der Waals surface area contributed by atoms with Gasteiger partial charge in [-0.05, 0) is 30.5 Å². The van der Waals surface area contributed by atoms with Gasteiger partial charge in [-0.1, -0.05) is 67.3 Å². The van der Waals surface area contributed by atoms with E-state index in [1.54, 1.807) is 0 Å². The molecule has 0 unspecified atom stereocenters. The Kier molecular flexibility index (Phi) is 5.12. The van der Waals surface area contributed by atoms with Crippen molar-refractivity contribution in [1.29, 1.82) is 0 Å². The van der Waals surface area contributed by atoms with Gasteiger partial charge in [-0.3, -0.25) is 0 Å². The summed E-state index contributed by atoms with van der Waals surface area (Å²) in [5, 5.41) is 3.37. The lowest BCUT2D eigenvalue weighted by Gasteiger charge is -2.14. The van der Waals surface area contributed by atoms with Crippen LogP contribution in [-0.4, -0.2) is 5.25 Å². The fourth-order valence-electron chi connectivity index (χ4n) is 2.39. The highest BCUT2D eigenvalue weighted by atomic mass is 32.1. The van der Waals surface area contributed by atoms with Crippen molar-refractivity contribution < 1.29 is 0 Å². The van der Waals surface area contributed by atoms with E-state index in [0.717, 1.165) is 5.25 Å². The number of rotatable bonds is 0. The van der Waals surface area contributed by atoms with Crippen LogP contribution in [0.4, 0.5) is 0 Å². The maximum atomic E-state index is 4.36. The lowest BCUT2D eigenvalue weighted by Crippen LogP contribution is -2.03. The van der Waals surface area contributed by atoms with Crippen LogP contribution < -0.4 is 0 Å². The van der Waals surface area contributed by atoms with Crippen LogP contribution in [0.3, 0.4) is 0 Å². The molecule has 0 saturated heterocycles. The Morgan fingerprint density at radius 3 is 2.17 bits per heavy atom. The van der Waals surface area contributed by atoms with Gasteiger partial charge in [0.25, 0.3) is 0 Å². The molecule has 0 radical (unpaired) electrons. The van der Waals surface area contributed by atoms with Crippen LogP contribution in [-0.2, 0) is 0 Å². The molecule has 0 atom stereocenters. The zero-order valence-corrected chi connectivity index (χ0v) is 12.0. The van der Waals surface area contributed by atoms with Crippen molar-refractivity contribution in [1.82, 2.24) is 0 Å². The van der Waals surface area contributed by atoms with Crippen molar-refractivity contribution in [2.24, 2.45) is 0 Å². The molecule has 0 bridgehead atoms. The SMILES string of the molecule is Cc1ccc2ccccc2c1.SC1CCCCC1. The third-order valence-corrected chi connectivity index (χ3v) is 4.00. The van der Waals surface area contributed by atoms with Gasteiger partial charge in [0.05, 0.1) is 0 Å². The molecule has 0 aliphatic heterocycles. The number of aryl methyl sites for hydroxylation is 1. The molecule has 0 N–H and O–H groups in total. The van der Waals surface area contributed by atoms with Gasteiger partial charge >= 0.3 is 0 Å². The zero-order valence-electron chi connectivity index (χ0n) is 11.1. The van der Waals surface area contributed by atoms with Gasteiger partial charge in [0.2, 0.25) is 0 Å². The molecule has 2 aromatic rings. The van der Waals surface area contributed by atoms with Gasteiger partial charge in [-0.15, -0.1) is 0 Å². The number of benzene rings is 2. The number of thiol groups is 1. The van der Waals surface area contributed by atoms with E-state index in [9.17, 15) is 0 Å². The Morgan fingerprint density at radius 1 is 0.889 bits per heavy atom. The molecule has 18 heavy (non-hydrogen) atoms. The first-order valence-corrected chi connectivity index (χ1v) is 7.41. The smallest absolute Gasteiger partial charge is 0.00168 e. The maximum absolute atomic E-state index is 4.36. The van der Waals surface area contributed by atoms with Gasteiger partial charge in [-0.2, -0.15) is 12.6 Å². The average Bonchev–Trinajstić information content (AvgIpc) is 2.40. The van der Waals surface area contributed by atoms with Crippen molar-refractivity contribution >= 4 is 23.4 Å².